The zero-order valence-electron chi connectivity index (χ0n) is 13.4. The Morgan fingerprint density at radius 3 is 2.52 bits per heavy atom. The maximum atomic E-state index is 12.2. The molecule has 1 atom stereocenters. The first kappa shape index (κ1) is 16.5. The second-order valence-electron chi connectivity index (χ2n) is 5.18. The number of ether oxygens (including phenoxy) is 1. The average molecular weight is 316 g/mol. The summed E-state index contributed by atoms with van der Waals surface area (Å²) in [7, 11) is 3.36. The predicted octanol–water partition coefficient (Wildman–Crippen LogP) is 1.63. The van der Waals surface area contributed by atoms with E-state index in [1.165, 1.54) is 6.92 Å². The molecule has 23 heavy (non-hydrogen) atoms. The summed E-state index contributed by atoms with van der Waals surface area (Å²) < 4.78 is 6.72. The summed E-state index contributed by atoms with van der Waals surface area (Å²) >= 11 is 0. The molecule has 0 spiro atoms. The van der Waals surface area contributed by atoms with E-state index in [-0.39, 0.29) is 18.2 Å². The number of aryl methyl sites for hydroxylation is 1. The minimum atomic E-state index is -0.407. The van der Waals surface area contributed by atoms with Crippen LogP contribution in [0.15, 0.2) is 36.7 Å². The van der Waals surface area contributed by atoms with Gasteiger partial charge < -0.3 is 15.4 Å². The average Bonchev–Trinajstić information content (AvgIpc) is 2.91. The topological polar surface area (TPSA) is 85.2 Å². The molecule has 0 aliphatic heterocycles. The summed E-state index contributed by atoms with van der Waals surface area (Å²) in [5, 5.41) is 9.55. The first-order valence-corrected chi connectivity index (χ1v) is 7.17. The van der Waals surface area contributed by atoms with Crippen LogP contribution in [0, 0.1) is 0 Å². The van der Waals surface area contributed by atoms with E-state index in [4.69, 9.17) is 4.74 Å². The maximum absolute atomic E-state index is 12.2. The number of carbonyl (C=O) groups excluding carboxylic acids is 2. The van der Waals surface area contributed by atoms with Crippen LogP contribution in [0.1, 0.15) is 24.9 Å². The van der Waals surface area contributed by atoms with Gasteiger partial charge in [-0.3, -0.25) is 14.3 Å². The van der Waals surface area contributed by atoms with Crippen molar-refractivity contribution in [3.8, 4) is 5.75 Å². The molecule has 1 aromatic carbocycles. The van der Waals surface area contributed by atoms with Crippen LogP contribution in [-0.2, 0) is 16.6 Å². The fraction of sp³-hybridized carbons (Fsp3) is 0.312. The molecule has 0 saturated carbocycles. The Morgan fingerprint density at radius 1 is 1.30 bits per heavy atom. The molecule has 0 unspecified atom stereocenters. The van der Waals surface area contributed by atoms with Gasteiger partial charge in [0.05, 0.1) is 31.5 Å². The Morgan fingerprint density at radius 2 is 2.00 bits per heavy atom. The van der Waals surface area contributed by atoms with Crippen LogP contribution in [0.5, 0.6) is 5.75 Å². The van der Waals surface area contributed by atoms with Crippen molar-refractivity contribution in [3.05, 3.63) is 42.2 Å². The van der Waals surface area contributed by atoms with Gasteiger partial charge in [0.1, 0.15) is 5.75 Å². The van der Waals surface area contributed by atoms with Gasteiger partial charge in [-0.15, -0.1) is 0 Å². The molecule has 7 nitrogen and oxygen atoms in total. The van der Waals surface area contributed by atoms with Crippen LogP contribution in [0.3, 0.4) is 0 Å². The highest BCUT2D eigenvalue weighted by Crippen LogP contribution is 2.21. The smallest absolute Gasteiger partial charge is 0.226 e. The van der Waals surface area contributed by atoms with Crippen LogP contribution in [0.2, 0.25) is 0 Å². The molecule has 0 radical (unpaired) electrons. The van der Waals surface area contributed by atoms with E-state index < -0.39 is 6.04 Å². The Balaban J connectivity index is 2.07. The first-order valence-electron chi connectivity index (χ1n) is 7.17. The molecule has 2 aromatic rings. The van der Waals surface area contributed by atoms with Gasteiger partial charge in [0, 0.05) is 20.2 Å². The fourth-order valence-electron chi connectivity index (χ4n) is 2.22. The predicted molar refractivity (Wildman–Crippen MR) is 86.0 cm³/mol. The monoisotopic (exact) mass is 316 g/mol. The van der Waals surface area contributed by atoms with E-state index in [1.54, 1.807) is 43.4 Å². The lowest BCUT2D eigenvalue weighted by atomic mass is 10.0. The lowest BCUT2D eigenvalue weighted by molar-refractivity contribution is -0.120. The van der Waals surface area contributed by atoms with Gasteiger partial charge in [-0.05, 0) is 17.7 Å². The zero-order valence-corrected chi connectivity index (χ0v) is 13.4. The molecular weight excluding hydrogens is 296 g/mol. The molecule has 0 aliphatic carbocycles. The minimum Gasteiger partial charge on any atom is -0.497 e. The van der Waals surface area contributed by atoms with Crippen molar-refractivity contribution < 1.29 is 14.3 Å². The Bertz CT molecular complexity index is 679. The molecule has 122 valence electrons. The van der Waals surface area contributed by atoms with Gasteiger partial charge in [0.15, 0.2) is 0 Å². The van der Waals surface area contributed by atoms with Gasteiger partial charge in [-0.2, -0.15) is 5.10 Å². The highest BCUT2D eigenvalue weighted by molar-refractivity contribution is 5.91. The normalized spacial score (nSPS) is 11.6. The number of carbonyl (C=O) groups is 2. The standard InChI is InChI=1S/C16H20N4O3/c1-11(21)18-15(12-4-6-14(23-3)7-5-12)8-16(22)19-13-9-17-20(2)10-13/h4-7,9-10,15H,8H2,1-3H3,(H,18,21)(H,19,22)/t15-/m0/s1. The molecule has 2 amide bonds. The summed E-state index contributed by atoms with van der Waals surface area (Å²) in [4.78, 5) is 23.6. The van der Waals surface area contributed by atoms with E-state index in [1.807, 2.05) is 12.1 Å². The molecule has 0 aliphatic rings. The number of rotatable bonds is 6. The SMILES string of the molecule is COc1ccc([C@H](CC(=O)Nc2cnn(C)c2)NC(C)=O)cc1. The van der Waals surface area contributed by atoms with Gasteiger partial charge in [0.2, 0.25) is 11.8 Å². The third-order valence-corrected chi connectivity index (χ3v) is 3.27. The quantitative estimate of drug-likeness (QED) is 0.848. The van der Waals surface area contributed by atoms with Gasteiger partial charge in [-0.1, -0.05) is 12.1 Å². The second kappa shape index (κ2) is 7.44. The number of hydrogen-bond acceptors (Lipinski definition) is 4. The van der Waals surface area contributed by atoms with E-state index in [9.17, 15) is 9.59 Å². The van der Waals surface area contributed by atoms with E-state index in [0.717, 1.165) is 11.3 Å². The third kappa shape index (κ3) is 4.84. The molecule has 1 aromatic heterocycles. The largest absolute Gasteiger partial charge is 0.497 e. The Labute approximate surface area is 134 Å². The summed E-state index contributed by atoms with van der Waals surface area (Å²) in [6.45, 7) is 1.43. The van der Waals surface area contributed by atoms with E-state index in [2.05, 4.69) is 15.7 Å². The van der Waals surface area contributed by atoms with Crippen LogP contribution < -0.4 is 15.4 Å². The number of amides is 2. The molecular formula is C16H20N4O3. The van der Waals surface area contributed by atoms with E-state index in [0.29, 0.717) is 5.69 Å². The van der Waals surface area contributed by atoms with Crippen molar-refractivity contribution in [2.75, 3.05) is 12.4 Å². The van der Waals surface area contributed by atoms with Crippen LogP contribution in [0.25, 0.3) is 0 Å². The fourth-order valence-corrected chi connectivity index (χ4v) is 2.22. The van der Waals surface area contributed by atoms with Gasteiger partial charge in [0.25, 0.3) is 0 Å². The number of benzene rings is 1. The van der Waals surface area contributed by atoms with Crippen molar-refractivity contribution in [1.82, 2.24) is 15.1 Å². The number of aromatic nitrogens is 2. The van der Waals surface area contributed by atoms with Gasteiger partial charge >= 0.3 is 0 Å². The van der Waals surface area contributed by atoms with Crippen molar-refractivity contribution in [1.29, 1.82) is 0 Å². The van der Waals surface area contributed by atoms with Crippen molar-refractivity contribution >= 4 is 17.5 Å². The van der Waals surface area contributed by atoms with Crippen LogP contribution in [-0.4, -0.2) is 28.7 Å². The van der Waals surface area contributed by atoms with Crippen molar-refractivity contribution in [2.45, 2.75) is 19.4 Å². The maximum Gasteiger partial charge on any atom is 0.226 e. The first-order chi connectivity index (χ1) is 11.0. The van der Waals surface area contributed by atoms with Crippen LogP contribution >= 0.6 is 0 Å². The number of nitrogens with one attached hydrogen (secondary N) is 2. The molecule has 0 saturated heterocycles. The molecule has 1 heterocycles. The third-order valence-electron chi connectivity index (χ3n) is 3.27. The Hall–Kier alpha value is -2.83. The molecule has 2 N–H and O–H groups in total. The van der Waals surface area contributed by atoms with Gasteiger partial charge in [-0.25, -0.2) is 0 Å². The molecule has 0 bridgehead atoms. The highest BCUT2D eigenvalue weighted by Gasteiger charge is 2.17. The number of hydrogen-bond donors (Lipinski definition) is 2. The molecule has 7 heteroatoms. The number of anilines is 1. The lowest BCUT2D eigenvalue weighted by Gasteiger charge is -2.18. The Kier molecular flexibility index (Phi) is 5.35. The highest BCUT2D eigenvalue weighted by atomic mass is 16.5. The minimum absolute atomic E-state index is 0.126. The van der Waals surface area contributed by atoms with Crippen molar-refractivity contribution in [2.24, 2.45) is 7.05 Å². The van der Waals surface area contributed by atoms with E-state index >= 15 is 0 Å². The molecule has 2 rings (SSSR count). The summed E-state index contributed by atoms with van der Waals surface area (Å²) in [6.07, 6.45) is 3.40. The lowest BCUT2D eigenvalue weighted by Crippen LogP contribution is -2.29. The number of nitrogens with zero attached hydrogens (tertiary/aromatic N) is 2. The number of methoxy groups -OCH3 is 1. The molecule has 0 fully saturated rings. The summed E-state index contributed by atoms with van der Waals surface area (Å²) in [5.74, 6) is 0.322. The summed E-state index contributed by atoms with van der Waals surface area (Å²) in [6, 6.07) is 6.84. The second-order valence-corrected chi connectivity index (χ2v) is 5.18. The summed E-state index contributed by atoms with van der Waals surface area (Å²) in [5.41, 5.74) is 1.45. The zero-order chi connectivity index (χ0) is 16.8. The van der Waals surface area contributed by atoms with Crippen molar-refractivity contribution in [3.63, 3.8) is 0 Å². The van der Waals surface area contributed by atoms with Crippen LogP contribution in [0.4, 0.5) is 5.69 Å².